The molecule has 2 aromatic rings. The fraction of sp³-hybridized carbons (Fsp3) is 0.471. The molecule has 0 bridgehead atoms. The van der Waals surface area contributed by atoms with E-state index < -0.39 is 0 Å². The number of carbonyl (C=O) groups is 1. The first-order valence-electron chi connectivity index (χ1n) is 8.07. The van der Waals surface area contributed by atoms with Crippen molar-refractivity contribution in [1.29, 1.82) is 0 Å². The number of hydrogen-bond donors (Lipinski definition) is 2. The summed E-state index contributed by atoms with van der Waals surface area (Å²) in [6, 6.07) is 6.29. The van der Waals surface area contributed by atoms with E-state index in [0.717, 1.165) is 42.9 Å². The average Bonchev–Trinajstić information content (AvgIpc) is 2.92. The normalized spacial score (nSPS) is 15.6. The van der Waals surface area contributed by atoms with Crippen LogP contribution in [0, 0.1) is 20.8 Å². The van der Waals surface area contributed by atoms with Gasteiger partial charge in [0, 0.05) is 5.69 Å². The van der Waals surface area contributed by atoms with Crippen LogP contribution in [0.4, 0.5) is 5.69 Å². The van der Waals surface area contributed by atoms with Gasteiger partial charge in [-0.15, -0.1) is 5.10 Å². The van der Waals surface area contributed by atoms with Crippen molar-refractivity contribution in [3.8, 4) is 0 Å². The SMILES string of the molecule is Cc1ccc(NC(=O)c2nnn(C3CCNCC3)c2C)c(C)c1. The van der Waals surface area contributed by atoms with Gasteiger partial charge in [-0.25, -0.2) is 4.68 Å². The summed E-state index contributed by atoms with van der Waals surface area (Å²) in [6.45, 7) is 7.90. The number of anilines is 1. The number of benzene rings is 1. The molecule has 1 saturated heterocycles. The summed E-state index contributed by atoms with van der Waals surface area (Å²) in [5, 5.41) is 14.6. The molecule has 0 saturated carbocycles. The highest BCUT2D eigenvalue weighted by atomic mass is 16.2. The molecule has 1 aromatic heterocycles. The Hall–Kier alpha value is -2.21. The third-order valence-corrected chi connectivity index (χ3v) is 4.43. The maximum Gasteiger partial charge on any atom is 0.278 e. The molecule has 1 aliphatic heterocycles. The van der Waals surface area contributed by atoms with Crippen molar-refractivity contribution in [2.45, 2.75) is 39.7 Å². The molecule has 0 radical (unpaired) electrons. The van der Waals surface area contributed by atoms with E-state index in [0.29, 0.717) is 11.7 Å². The predicted octanol–water partition coefficient (Wildman–Crippen LogP) is 2.38. The molecule has 0 atom stereocenters. The molecular formula is C17H23N5O. The maximum absolute atomic E-state index is 12.5. The molecule has 0 aliphatic carbocycles. The van der Waals surface area contributed by atoms with E-state index in [-0.39, 0.29) is 5.91 Å². The third kappa shape index (κ3) is 3.27. The highest BCUT2D eigenvalue weighted by molar-refractivity contribution is 6.03. The minimum absolute atomic E-state index is 0.199. The van der Waals surface area contributed by atoms with Crippen molar-refractivity contribution in [2.24, 2.45) is 0 Å². The summed E-state index contributed by atoms with van der Waals surface area (Å²) >= 11 is 0. The number of nitrogens with one attached hydrogen (secondary N) is 2. The Kier molecular flexibility index (Phi) is 4.43. The topological polar surface area (TPSA) is 71.8 Å². The molecule has 2 N–H and O–H groups in total. The maximum atomic E-state index is 12.5. The number of piperidine rings is 1. The lowest BCUT2D eigenvalue weighted by Crippen LogP contribution is -2.30. The number of hydrogen-bond acceptors (Lipinski definition) is 4. The molecule has 0 unspecified atom stereocenters. The molecule has 6 nitrogen and oxygen atoms in total. The van der Waals surface area contributed by atoms with Crippen LogP contribution >= 0.6 is 0 Å². The third-order valence-electron chi connectivity index (χ3n) is 4.43. The van der Waals surface area contributed by atoms with Gasteiger partial charge in [-0.2, -0.15) is 0 Å². The first-order chi connectivity index (χ1) is 11.1. The number of aromatic nitrogens is 3. The Bertz CT molecular complexity index is 716. The Morgan fingerprint density at radius 2 is 2.00 bits per heavy atom. The molecule has 23 heavy (non-hydrogen) atoms. The fourth-order valence-electron chi connectivity index (χ4n) is 3.08. The molecule has 1 aromatic carbocycles. The van der Waals surface area contributed by atoms with Gasteiger partial charge in [0.2, 0.25) is 0 Å². The Labute approximate surface area is 136 Å². The minimum atomic E-state index is -0.199. The average molecular weight is 313 g/mol. The van der Waals surface area contributed by atoms with Gasteiger partial charge in [-0.1, -0.05) is 22.9 Å². The zero-order valence-electron chi connectivity index (χ0n) is 13.9. The van der Waals surface area contributed by atoms with Crippen LogP contribution in [0.5, 0.6) is 0 Å². The van der Waals surface area contributed by atoms with E-state index in [1.54, 1.807) is 0 Å². The molecule has 6 heteroatoms. The summed E-state index contributed by atoms with van der Waals surface area (Å²) in [5.41, 5.74) is 4.27. The molecule has 0 spiro atoms. The monoisotopic (exact) mass is 313 g/mol. The Morgan fingerprint density at radius 1 is 1.26 bits per heavy atom. The van der Waals surface area contributed by atoms with E-state index in [2.05, 4.69) is 20.9 Å². The van der Waals surface area contributed by atoms with Gasteiger partial charge in [0.25, 0.3) is 5.91 Å². The summed E-state index contributed by atoms with van der Waals surface area (Å²) in [6.07, 6.45) is 2.03. The van der Waals surface area contributed by atoms with E-state index in [9.17, 15) is 4.79 Å². The van der Waals surface area contributed by atoms with E-state index >= 15 is 0 Å². The largest absolute Gasteiger partial charge is 0.320 e. The zero-order chi connectivity index (χ0) is 16.4. The first kappa shape index (κ1) is 15.7. The van der Waals surface area contributed by atoms with Crippen LogP contribution in [0.3, 0.4) is 0 Å². The highest BCUT2D eigenvalue weighted by Gasteiger charge is 2.23. The number of nitrogens with zero attached hydrogens (tertiary/aromatic N) is 3. The van der Waals surface area contributed by atoms with Crippen LogP contribution in [0.25, 0.3) is 0 Å². The lowest BCUT2D eigenvalue weighted by molar-refractivity contribution is 0.102. The molecule has 1 fully saturated rings. The summed E-state index contributed by atoms with van der Waals surface area (Å²) in [5.74, 6) is -0.199. The number of carbonyl (C=O) groups excluding carboxylic acids is 1. The zero-order valence-corrected chi connectivity index (χ0v) is 13.9. The van der Waals surface area contributed by atoms with Gasteiger partial charge < -0.3 is 10.6 Å². The van der Waals surface area contributed by atoms with Crippen LogP contribution in [0.15, 0.2) is 18.2 Å². The highest BCUT2D eigenvalue weighted by Crippen LogP contribution is 2.21. The first-order valence-corrected chi connectivity index (χ1v) is 8.07. The van der Waals surface area contributed by atoms with Crippen molar-refractivity contribution in [1.82, 2.24) is 20.3 Å². The lowest BCUT2D eigenvalue weighted by atomic mass is 10.1. The van der Waals surface area contributed by atoms with E-state index in [4.69, 9.17) is 0 Å². The van der Waals surface area contributed by atoms with Crippen molar-refractivity contribution < 1.29 is 4.79 Å². The minimum Gasteiger partial charge on any atom is -0.320 e. The molecule has 1 amide bonds. The number of aryl methyl sites for hydroxylation is 2. The summed E-state index contributed by atoms with van der Waals surface area (Å²) < 4.78 is 1.90. The van der Waals surface area contributed by atoms with Crippen molar-refractivity contribution in [2.75, 3.05) is 18.4 Å². The molecule has 1 aliphatic rings. The summed E-state index contributed by atoms with van der Waals surface area (Å²) in [4.78, 5) is 12.5. The van der Waals surface area contributed by atoms with Crippen molar-refractivity contribution in [3.05, 3.63) is 40.7 Å². The molecule has 122 valence electrons. The van der Waals surface area contributed by atoms with Crippen LogP contribution in [-0.4, -0.2) is 34.0 Å². The van der Waals surface area contributed by atoms with Gasteiger partial charge in [-0.3, -0.25) is 4.79 Å². The van der Waals surface area contributed by atoms with Crippen molar-refractivity contribution in [3.63, 3.8) is 0 Å². The summed E-state index contributed by atoms with van der Waals surface area (Å²) in [7, 11) is 0. The van der Waals surface area contributed by atoms with Gasteiger partial charge in [0.05, 0.1) is 11.7 Å². The second-order valence-corrected chi connectivity index (χ2v) is 6.22. The Balaban J connectivity index is 1.78. The van der Waals surface area contributed by atoms with Crippen LogP contribution < -0.4 is 10.6 Å². The number of rotatable bonds is 3. The van der Waals surface area contributed by atoms with Gasteiger partial charge in [-0.05, 0) is 58.3 Å². The number of amides is 1. The van der Waals surface area contributed by atoms with Crippen LogP contribution in [-0.2, 0) is 0 Å². The second kappa shape index (κ2) is 6.50. The lowest BCUT2D eigenvalue weighted by Gasteiger charge is -2.23. The fourth-order valence-corrected chi connectivity index (χ4v) is 3.08. The quantitative estimate of drug-likeness (QED) is 0.912. The van der Waals surface area contributed by atoms with Crippen LogP contribution in [0.1, 0.15) is 46.2 Å². The molecular weight excluding hydrogens is 290 g/mol. The van der Waals surface area contributed by atoms with E-state index in [1.165, 1.54) is 5.56 Å². The van der Waals surface area contributed by atoms with Crippen molar-refractivity contribution >= 4 is 11.6 Å². The van der Waals surface area contributed by atoms with Crippen LogP contribution in [0.2, 0.25) is 0 Å². The predicted molar refractivity (Wildman–Crippen MR) is 89.8 cm³/mol. The van der Waals surface area contributed by atoms with Gasteiger partial charge in [0.15, 0.2) is 5.69 Å². The smallest absolute Gasteiger partial charge is 0.278 e. The van der Waals surface area contributed by atoms with Gasteiger partial charge >= 0.3 is 0 Å². The molecule has 2 heterocycles. The van der Waals surface area contributed by atoms with E-state index in [1.807, 2.05) is 43.7 Å². The Morgan fingerprint density at radius 3 is 2.70 bits per heavy atom. The second-order valence-electron chi connectivity index (χ2n) is 6.22. The standard InChI is InChI=1S/C17H23N5O/c1-11-4-5-15(12(2)10-11)19-17(23)16-13(3)22(21-20-16)14-6-8-18-9-7-14/h4-5,10,14,18H,6-9H2,1-3H3,(H,19,23). The van der Waals surface area contributed by atoms with Gasteiger partial charge in [0.1, 0.15) is 0 Å². The molecule has 3 rings (SSSR count).